The van der Waals surface area contributed by atoms with Crippen LogP contribution in [0.15, 0.2) is 42.5 Å². The maximum atomic E-state index is 3.36. The minimum Gasteiger partial charge on any atom is -0.0557 e. The van der Waals surface area contributed by atoms with E-state index >= 15 is 0 Å². The summed E-state index contributed by atoms with van der Waals surface area (Å²) >= 11 is 0. The van der Waals surface area contributed by atoms with Gasteiger partial charge in [-0.05, 0) is 110 Å². The van der Waals surface area contributed by atoms with Crippen LogP contribution in [0.1, 0.15) is 33.4 Å². The van der Waals surface area contributed by atoms with E-state index in [0.717, 1.165) is 0 Å². The van der Waals surface area contributed by atoms with E-state index in [1.54, 1.807) is 0 Å². The lowest BCUT2D eigenvalue weighted by Gasteiger charge is -2.15. The van der Waals surface area contributed by atoms with Crippen molar-refractivity contribution in [1.82, 2.24) is 0 Å². The molecule has 3 aromatic carbocycles. The van der Waals surface area contributed by atoms with Crippen molar-refractivity contribution in [3.63, 3.8) is 0 Å². The number of benzene rings is 3. The monoisotopic (exact) mass is 313 g/mol. The highest BCUT2D eigenvalue weighted by molar-refractivity contribution is 5.79. The Morgan fingerprint density at radius 1 is 0.500 bits per heavy atom. The minimum atomic E-state index is 1.25. The Bertz CT molecular complexity index is 794. The van der Waals surface area contributed by atoms with Crippen LogP contribution < -0.4 is 0 Å². The van der Waals surface area contributed by atoms with Crippen molar-refractivity contribution < 1.29 is 0 Å². The molecule has 0 unspecified atom stereocenters. The van der Waals surface area contributed by atoms with E-state index in [1.165, 1.54) is 55.6 Å². The predicted molar refractivity (Wildman–Crippen MR) is 105 cm³/mol. The zero-order valence-corrected chi connectivity index (χ0v) is 15.5. The molecule has 121 valence electrons. The van der Waals surface area contributed by atoms with E-state index in [1.807, 2.05) is 0 Å². The Morgan fingerprint density at radius 3 is 1.17 bits per heavy atom. The molecule has 0 fully saturated rings. The third kappa shape index (κ3) is 3.01. The quantitative estimate of drug-likeness (QED) is 0.495. The molecule has 0 amide bonds. The molecule has 0 saturated carbocycles. The summed E-state index contributed by atoms with van der Waals surface area (Å²) in [6.07, 6.45) is 0. The second-order valence-electron chi connectivity index (χ2n) is 7.06. The summed E-state index contributed by atoms with van der Waals surface area (Å²) in [6, 6.07) is 18.9. The van der Waals surface area contributed by atoms with E-state index in [2.05, 4.69) is 90.1 Å². The molecular weight excluding hydrogens is 288 g/mol. The Labute approximate surface area is 146 Å². The Hall–Kier alpha value is -2.34. The fourth-order valence-corrected chi connectivity index (χ4v) is 4.03. The highest BCUT2D eigenvalue weighted by Crippen LogP contribution is 2.34. The third-order valence-corrected chi connectivity index (χ3v) is 4.72. The van der Waals surface area contributed by atoms with Crippen molar-refractivity contribution in [3.8, 4) is 22.3 Å². The summed E-state index contributed by atoms with van der Waals surface area (Å²) in [5, 5.41) is 0. The first kappa shape index (κ1) is 16.5. The van der Waals surface area contributed by atoms with E-state index in [0.29, 0.717) is 0 Å². The first-order valence-corrected chi connectivity index (χ1v) is 8.54. The lowest BCUT2D eigenvalue weighted by Crippen LogP contribution is -1.93. The Morgan fingerprint density at radius 2 is 0.833 bits per heavy atom. The highest BCUT2D eigenvalue weighted by Gasteiger charge is 2.11. The van der Waals surface area contributed by atoms with E-state index < -0.39 is 0 Å². The summed E-state index contributed by atoms with van der Waals surface area (Å²) in [6.45, 7) is 13.1. The Balaban J connectivity index is 2.19. The first-order chi connectivity index (χ1) is 11.4. The summed E-state index contributed by atoms with van der Waals surface area (Å²) < 4.78 is 0. The summed E-state index contributed by atoms with van der Waals surface area (Å²) in [7, 11) is 0. The average molecular weight is 313 g/mol. The molecule has 0 nitrogen and oxygen atoms in total. The van der Waals surface area contributed by atoms with Crippen LogP contribution in [0.4, 0.5) is 0 Å². The second kappa shape index (κ2) is 6.28. The second-order valence-corrected chi connectivity index (χ2v) is 7.06. The van der Waals surface area contributed by atoms with E-state index in [4.69, 9.17) is 0 Å². The largest absolute Gasteiger partial charge is 0.0557 e. The van der Waals surface area contributed by atoms with Gasteiger partial charge in [-0.2, -0.15) is 0 Å². The van der Waals surface area contributed by atoms with Crippen LogP contribution in [0.25, 0.3) is 22.3 Å². The van der Waals surface area contributed by atoms with Crippen LogP contribution in [0, 0.1) is 47.6 Å². The first-order valence-electron chi connectivity index (χ1n) is 8.54. The van der Waals surface area contributed by atoms with Gasteiger partial charge in [0.1, 0.15) is 0 Å². The van der Waals surface area contributed by atoms with Gasteiger partial charge in [0, 0.05) is 0 Å². The Kier molecular flexibility index (Phi) is 4.32. The molecule has 0 heteroatoms. The van der Waals surface area contributed by atoms with Crippen LogP contribution in [0.2, 0.25) is 0 Å². The van der Waals surface area contributed by atoms with Crippen LogP contribution in [0.5, 0.6) is 0 Å². The molecule has 24 heavy (non-hydrogen) atoms. The van der Waals surface area contributed by atoms with Crippen molar-refractivity contribution in [2.24, 2.45) is 0 Å². The van der Waals surface area contributed by atoms with Gasteiger partial charge in [0.25, 0.3) is 0 Å². The molecular formula is C24H25. The number of aryl methyl sites for hydroxylation is 6. The van der Waals surface area contributed by atoms with Gasteiger partial charge in [0.15, 0.2) is 0 Å². The van der Waals surface area contributed by atoms with Gasteiger partial charge in [-0.1, -0.05) is 35.4 Å². The fourth-order valence-electron chi connectivity index (χ4n) is 4.03. The van der Waals surface area contributed by atoms with Gasteiger partial charge >= 0.3 is 0 Å². The zero-order valence-electron chi connectivity index (χ0n) is 15.5. The van der Waals surface area contributed by atoms with Gasteiger partial charge in [-0.25, -0.2) is 0 Å². The molecule has 0 N–H and O–H groups in total. The summed E-state index contributed by atoms with van der Waals surface area (Å²) in [4.78, 5) is 0. The molecule has 3 aromatic rings. The van der Waals surface area contributed by atoms with Crippen molar-refractivity contribution in [3.05, 3.63) is 81.9 Å². The SMILES string of the molecule is Cc1cc(C)c(-c2c[c]cc(-c3c(C)cc(C)cc3C)c2)c(C)c1. The molecule has 0 saturated heterocycles. The van der Waals surface area contributed by atoms with Crippen molar-refractivity contribution in [1.29, 1.82) is 0 Å². The zero-order chi connectivity index (χ0) is 17.4. The van der Waals surface area contributed by atoms with Gasteiger partial charge < -0.3 is 0 Å². The van der Waals surface area contributed by atoms with Gasteiger partial charge in [-0.15, -0.1) is 0 Å². The summed E-state index contributed by atoms with van der Waals surface area (Å²) in [5.41, 5.74) is 13.1. The number of hydrogen-bond acceptors (Lipinski definition) is 0. The van der Waals surface area contributed by atoms with Crippen molar-refractivity contribution in [2.45, 2.75) is 41.5 Å². The highest BCUT2D eigenvalue weighted by atomic mass is 14.1. The molecule has 0 spiro atoms. The average Bonchev–Trinajstić information content (AvgIpc) is 2.45. The van der Waals surface area contributed by atoms with Crippen LogP contribution in [-0.4, -0.2) is 0 Å². The number of hydrogen-bond donors (Lipinski definition) is 0. The minimum absolute atomic E-state index is 1.25. The van der Waals surface area contributed by atoms with Crippen molar-refractivity contribution >= 4 is 0 Å². The fraction of sp³-hybridized carbons (Fsp3) is 0.250. The standard InChI is InChI=1S/C24H25/c1-15-10-17(3)23(18(4)11-15)21-8-7-9-22(14-21)24-19(5)12-16(2)13-20(24)6/h8-14H,1-6H3. The third-order valence-electron chi connectivity index (χ3n) is 4.72. The molecule has 0 aliphatic rings. The molecule has 0 atom stereocenters. The maximum absolute atomic E-state index is 3.36. The van der Waals surface area contributed by atoms with Gasteiger partial charge in [0.05, 0.1) is 0 Å². The molecule has 0 aliphatic heterocycles. The maximum Gasteiger partial charge on any atom is -0.0125 e. The molecule has 1 radical (unpaired) electrons. The normalized spacial score (nSPS) is 10.9. The lowest BCUT2D eigenvalue weighted by molar-refractivity contribution is 1.31. The predicted octanol–water partition coefficient (Wildman–Crippen LogP) is 6.67. The smallest absolute Gasteiger partial charge is 0.0125 e. The summed E-state index contributed by atoms with van der Waals surface area (Å²) in [5.74, 6) is 0. The van der Waals surface area contributed by atoms with Crippen LogP contribution in [-0.2, 0) is 0 Å². The van der Waals surface area contributed by atoms with Crippen LogP contribution >= 0.6 is 0 Å². The molecule has 0 aromatic heterocycles. The van der Waals surface area contributed by atoms with Crippen molar-refractivity contribution in [2.75, 3.05) is 0 Å². The topological polar surface area (TPSA) is 0 Å². The van der Waals surface area contributed by atoms with Crippen LogP contribution in [0.3, 0.4) is 0 Å². The van der Waals surface area contributed by atoms with Gasteiger partial charge in [0.2, 0.25) is 0 Å². The molecule has 3 rings (SSSR count). The molecule has 0 bridgehead atoms. The van der Waals surface area contributed by atoms with Gasteiger partial charge in [-0.3, -0.25) is 0 Å². The molecule has 0 aliphatic carbocycles. The molecule has 0 heterocycles. The lowest BCUT2D eigenvalue weighted by atomic mass is 9.89. The van der Waals surface area contributed by atoms with E-state index in [9.17, 15) is 0 Å². The number of rotatable bonds is 2. The van der Waals surface area contributed by atoms with E-state index in [-0.39, 0.29) is 0 Å².